The van der Waals surface area contributed by atoms with Crippen molar-refractivity contribution in [2.75, 3.05) is 12.3 Å². The van der Waals surface area contributed by atoms with Crippen molar-refractivity contribution in [2.45, 2.75) is 6.42 Å². The summed E-state index contributed by atoms with van der Waals surface area (Å²) in [6.07, 6.45) is 0.721. The van der Waals surface area contributed by atoms with E-state index in [1.807, 2.05) is 5.38 Å². The van der Waals surface area contributed by atoms with E-state index in [2.05, 4.69) is 10.3 Å². The summed E-state index contributed by atoms with van der Waals surface area (Å²) in [5.74, 6) is -0.159. The fourth-order valence-corrected chi connectivity index (χ4v) is 2.16. The van der Waals surface area contributed by atoms with E-state index in [0.717, 1.165) is 12.1 Å². The van der Waals surface area contributed by atoms with Crippen LogP contribution in [0, 0.1) is 0 Å². The molecule has 4 nitrogen and oxygen atoms in total. The van der Waals surface area contributed by atoms with Crippen molar-refractivity contribution in [3.63, 3.8) is 0 Å². The fourth-order valence-electron chi connectivity index (χ4n) is 1.45. The van der Waals surface area contributed by atoms with Gasteiger partial charge in [0.05, 0.1) is 21.9 Å². The minimum absolute atomic E-state index is 0.159. The number of carbonyl (C=O) groups is 1. The van der Waals surface area contributed by atoms with E-state index >= 15 is 0 Å². The number of nitrogens with zero attached hydrogens (tertiary/aromatic N) is 1. The lowest BCUT2D eigenvalue weighted by atomic mass is 10.2. The zero-order valence-electron chi connectivity index (χ0n) is 9.52. The van der Waals surface area contributed by atoms with Gasteiger partial charge in [0.25, 0.3) is 5.91 Å². The maximum Gasteiger partial charge on any atom is 0.251 e. The van der Waals surface area contributed by atoms with E-state index in [4.69, 9.17) is 17.3 Å². The van der Waals surface area contributed by atoms with Crippen molar-refractivity contribution in [1.82, 2.24) is 10.3 Å². The number of nitrogen functional groups attached to an aromatic ring is 1. The second-order valence-corrected chi connectivity index (χ2v) is 4.85. The molecule has 0 saturated heterocycles. The number of hydrogen-bond donors (Lipinski definition) is 2. The summed E-state index contributed by atoms with van der Waals surface area (Å²) < 4.78 is 0. The van der Waals surface area contributed by atoms with E-state index in [9.17, 15) is 4.79 Å². The fraction of sp³-hybridized carbons (Fsp3) is 0.167. The molecule has 0 atom stereocenters. The van der Waals surface area contributed by atoms with Crippen LogP contribution in [0.4, 0.5) is 5.69 Å². The molecule has 0 bridgehead atoms. The van der Waals surface area contributed by atoms with E-state index in [-0.39, 0.29) is 5.91 Å². The number of hydrogen-bond acceptors (Lipinski definition) is 4. The molecule has 6 heteroatoms. The molecule has 0 spiro atoms. The Morgan fingerprint density at radius 2 is 2.33 bits per heavy atom. The summed E-state index contributed by atoms with van der Waals surface area (Å²) in [6, 6.07) is 4.84. The van der Waals surface area contributed by atoms with Gasteiger partial charge >= 0.3 is 0 Å². The van der Waals surface area contributed by atoms with Gasteiger partial charge in [-0.15, -0.1) is 11.3 Å². The molecule has 1 aromatic carbocycles. The van der Waals surface area contributed by atoms with Crippen LogP contribution in [0.1, 0.15) is 16.1 Å². The third-order valence-corrected chi connectivity index (χ3v) is 3.39. The lowest BCUT2D eigenvalue weighted by molar-refractivity contribution is 0.0954. The first-order chi connectivity index (χ1) is 8.66. The first-order valence-corrected chi connectivity index (χ1v) is 6.69. The van der Waals surface area contributed by atoms with Gasteiger partial charge in [-0.3, -0.25) is 4.79 Å². The summed E-state index contributed by atoms with van der Waals surface area (Å²) in [4.78, 5) is 16.0. The van der Waals surface area contributed by atoms with Gasteiger partial charge in [-0.05, 0) is 18.2 Å². The first-order valence-electron chi connectivity index (χ1n) is 5.37. The van der Waals surface area contributed by atoms with E-state index < -0.39 is 0 Å². The average molecular weight is 282 g/mol. The molecule has 0 unspecified atom stereocenters. The van der Waals surface area contributed by atoms with Crippen molar-refractivity contribution in [1.29, 1.82) is 0 Å². The standard InChI is InChI=1S/C12H12ClN3OS/c13-10-2-1-8(5-11(10)14)12(17)15-4-3-9-6-18-7-16-9/h1-2,5-7H,3-4,14H2,(H,15,17). The van der Waals surface area contributed by atoms with Crippen molar-refractivity contribution in [3.8, 4) is 0 Å². The molecule has 1 aromatic heterocycles. The number of carbonyl (C=O) groups excluding carboxylic acids is 1. The molecule has 0 fully saturated rings. The van der Waals surface area contributed by atoms with Crippen molar-refractivity contribution in [2.24, 2.45) is 0 Å². The summed E-state index contributed by atoms with van der Waals surface area (Å²) in [5, 5.41) is 5.23. The molecule has 2 aromatic rings. The highest BCUT2D eigenvalue weighted by atomic mass is 35.5. The van der Waals surface area contributed by atoms with Crippen LogP contribution in [0.3, 0.4) is 0 Å². The number of nitrogens with two attached hydrogens (primary N) is 1. The highest BCUT2D eigenvalue weighted by molar-refractivity contribution is 7.07. The molecular weight excluding hydrogens is 270 g/mol. The van der Waals surface area contributed by atoms with Crippen LogP contribution in [0.15, 0.2) is 29.1 Å². The molecule has 0 aliphatic rings. The minimum Gasteiger partial charge on any atom is -0.398 e. The first kappa shape index (κ1) is 12.9. The number of benzene rings is 1. The zero-order valence-corrected chi connectivity index (χ0v) is 11.1. The molecule has 2 rings (SSSR count). The third kappa shape index (κ3) is 3.21. The summed E-state index contributed by atoms with van der Waals surface area (Å²) in [5.41, 5.74) is 9.32. The number of amides is 1. The number of thiazole rings is 1. The number of aromatic nitrogens is 1. The van der Waals surface area contributed by atoms with E-state index in [1.165, 1.54) is 0 Å². The molecule has 18 heavy (non-hydrogen) atoms. The Balaban J connectivity index is 1.89. The van der Waals surface area contributed by atoms with Crippen LogP contribution >= 0.6 is 22.9 Å². The molecule has 0 aliphatic heterocycles. The Bertz CT molecular complexity index is 542. The Kier molecular flexibility index (Phi) is 4.17. The molecule has 1 heterocycles. The smallest absolute Gasteiger partial charge is 0.251 e. The van der Waals surface area contributed by atoms with E-state index in [1.54, 1.807) is 35.0 Å². The third-order valence-electron chi connectivity index (χ3n) is 2.41. The van der Waals surface area contributed by atoms with Gasteiger partial charge in [0.1, 0.15) is 0 Å². The predicted molar refractivity (Wildman–Crippen MR) is 74.0 cm³/mol. The van der Waals surface area contributed by atoms with Crippen LogP contribution in [-0.2, 0) is 6.42 Å². The topological polar surface area (TPSA) is 68.0 Å². The van der Waals surface area contributed by atoms with Crippen molar-refractivity contribution in [3.05, 3.63) is 45.4 Å². The Hall–Kier alpha value is -1.59. The normalized spacial score (nSPS) is 10.3. The lowest BCUT2D eigenvalue weighted by Crippen LogP contribution is -2.25. The molecule has 0 aliphatic carbocycles. The number of anilines is 1. The Labute approximate surface area is 114 Å². The Morgan fingerprint density at radius 1 is 1.50 bits per heavy atom. The highest BCUT2D eigenvalue weighted by Gasteiger charge is 2.07. The molecule has 1 amide bonds. The zero-order chi connectivity index (χ0) is 13.0. The van der Waals surface area contributed by atoms with Gasteiger partial charge < -0.3 is 11.1 Å². The van der Waals surface area contributed by atoms with Crippen LogP contribution < -0.4 is 11.1 Å². The van der Waals surface area contributed by atoms with Gasteiger partial charge in [-0.2, -0.15) is 0 Å². The molecule has 0 radical (unpaired) electrons. The second kappa shape index (κ2) is 5.84. The monoisotopic (exact) mass is 281 g/mol. The lowest BCUT2D eigenvalue weighted by Gasteiger charge is -2.05. The molecule has 0 saturated carbocycles. The quantitative estimate of drug-likeness (QED) is 0.846. The summed E-state index contributed by atoms with van der Waals surface area (Å²) in [7, 11) is 0. The number of nitrogens with one attached hydrogen (secondary N) is 1. The molecular formula is C12H12ClN3OS. The maximum atomic E-state index is 11.8. The van der Waals surface area contributed by atoms with Gasteiger partial charge in [0.2, 0.25) is 0 Å². The van der Waals surface area contributed by atoms with Crippen LogP contribution in [0.2, 0.25) is 5.02 Å². The van der Waals surface area contributed by atoms with E-state index in [0.29, 0.717) is 22.8 Å². The predicted octanol–water partition coefficient (Wildman–Crippen LogP) is 2.35. The second-order valence-electron chi connectivity index (χ2n) is 3.72. The van der Waals surface area contributed by atoms with Gasteiger partial charge in [-0.25, -0.2) is 4.98 Å². The minimum atomic E-state index is -0.159. The van der Waals surface area contributed by atoms with Crippen molar-refractivity contribution < 1.29 is 4.79 Å². The van der Waals surface area contributed by atoms with Gasteiger partial charge in [0.15, 0.2) is 0 Å². The number of halogens is 1. The molecule has 3 N–H and O–H groups in total. The van der Waals surface area contributed by atoms with Gasteiger partial charge in [0, 0.05) is 23.9 Å². The maximum absolute atomic E-state index is 11.8. The van der Waals surface area contributed by atoms with Crippen molar-refractivity contribution >= 4 is 34.5 Å². The van der Waals surface area contributed by atoms with Gasteiger partial charge in [-0.1, -0.05) is 11.6 Å². The average Bonchev–Trinajstić information content (AvgIpc) is 2.85. The Morgan fingerprint density at radius 3 is 3.00 bits per heavy atom. The van der Waals surface area contributed by atoms with Crippen LogP contribution in [-0.4, -0.2) is 17.4 Å². The highest BCUT2D eigenvalue weighted by Crippen LogP contribution is 2.19. The summed E-state index contributed by atoms with van der Waals surface area (Å²) in [6.45, 7) is 0.547. The number of rotatable bonds is 4. The van der Waals surface area contributed by atoms with Crippen LogP contribution in [0.5, 0.6) is 0 Å². The SMILES string of the molecule is Nc1cc(C(=O)NCCc2cscn2)ccc1Cl. The van der Waals surface area contributed by atoms with Crippen LogP contribution in [0.25, 0.3) is 0 Å². The largest absolute Gasteiger partial charge is 0.398 e. The molecule has 94 valence electrons. The summed E-state index contributed by atoms with van der Waals surface area (Å²) >= 11 is 7.34.